The third kappa shape index (κ3) is 1.90. The number of rotatable bonds is 2. The van der Waals surface area contributed by atoms with Gasteiger partial charge in [-0.3, -0.25) is 0 Å². The standard InChI is InChI=1S/C7H9F6N3/c1-4(2)16-5(8)15(3-14-16)7(12,13)6(9,10)11/h3-5H,1-2H3. The zero-order valence-electron chi connectivity index (χ0n) is 8.34. The summed E-state index contributed by atoms with van der Waals surface area (Å²) in [4.78, 5) is -0.757. The normalized spacial score (nSPS) is 22.4. The largest absolute Gasteiger partial charge is 0.475 e. The smallest absolute Gasteiger partial charge is 0.244 e. The Bertz CT molecular complexity index is 286. The summed E-state index contributed by atoms with van der Waals surface area (Å²) in [5, 5.41) is 3.67. The van der Waals surface area contributed by atoms with Gasteiger partial charge in [0, 0.05) is 6.04 Å². The van der Waals surface area contributed by atoms with Crippen molar-refractivity contribution in [3.8, 4) is 0 Å². The second-order valence-corrected chi connectivity index (χ2v) is 3.46. The summed E-state index contributed by atoms with van der Waals surface area (Å²) in [6, 6.07) is -5.90. The van der Waals surface area contributed by atoms with Crippen molar-refractivity contribution in [1.29, 1.82) is 0 Å². The Morgan fingerprint density at radius 3 is 2.00 bits per heavy atom. The molecule has 1 heterocycles. The van der Waals surface area contributed by atoms with Crippen molar-refractivity contribution in [3.05, 3.63) is 0 Å². The molecule has 16 heavy (non-hydrogen) atoms. The fourth-order valence-corrected chi connectivity index (χ4v) is 1.08. The van der Waals surface area contributed by atoms with Gasteiger partial charge in [-0.2, -0.15) is 31.4 Å². The number of halogens is 6. The summed E-state index contributed by atoms with van der Waals surface area (Å²) in [6.45, 7) is 2.83. The highest BCUT2D eigenvalue weighted by atomic mass is 19.4. The highest BCUT2D eigenvalue weighted by Gasteiger charge is 2.64. The Morgan fingerprint density at radius 1 is 1.19 bits per heavy atom. The maximum absolute atomic E-state index is 13.3. The average Bonchev–Trinajstić information content (AvgIpc) is 2.44. The van der Waals surface area contributed by atoms with Crippen LogP contribution in [0.5, 0.6) is 0 Å². The number of hydrogen-bond donors (Lipinski definition) is 0. The van der Waals surface area contributed by atoms with Gasteiger partial charge in [-0.1, -0.05) is 0 Å². The second-order valence-electron chi connectivity index (χ2n) is 3.46. The molecule has 1 unspecified atom stereocenters. The minimum Gasteiger partial charge on any atom is -0.244 e. The molecule has 0 aliphatic carbocycles. The van der Waals surface area contributed by atoms with Crippen LogP contribution in [0.1, 0.15) is 13.8 Å². The van der Waals surface area contributed by atoms with E-state index in [9.17, 15) is 26.3 Å². The SMILES string of the molecule is CC(C)N1N=CN(C(F)(F)C(F)(F)F)C1F. The van der Waals surface area contributed by atoms with Crippen molar-refractivity contribution in [1.82, 2.24) is 9.91 Å². The summed E-state index contributed by atoms with van der Waals surface area (Å²) in [7, 11) is 0. The highest BCUT2D eigenvalue weighted by Crippen LogP contribution is 2.40. The van der Waals surface area contributed by atoms with Crippen molar-refractivity contribution in [2.45, 2.75) is 38.5 Å². The Labute approximate surface area is 87.3 Å². The molecule has 0 saturated carbocycles. The van der Waals surface area contributed by atoms with Gasteiger partial charge in [0.1, 0.15) is 6.34 Å². The maximum Gasteiger partial charge on any atom is 0.475 e. The molecule has 1 aliphatic rings. The van der Waals surface area contributed by atoms with Crippen LogP contribution in [0.2, 0.25) is 0 Å². The quantitative estimate of drug-likeness (QED) is 0.552. The third-order valence-corrected chi connectivity index (χ3v) is 1.95. The predicted molar refractivity (Wildman–Crippen MR) is 43.2 cm³/mol. The molecule has 0 N–H and O–H groups in total. The van der Waals surface area contributed by atoms with Crippen molar-refractivity contribution in [2.75, 3.05) is 0 Å². The first-order valence-electron chi connectivity index (χ1n) is 4.28. The van der Waals surface area contributed by atoms with E-state index in [0.717, 1.165) is 0 Å². The molecule has 9 heteroatoms. The lowest BCUT2D eigenvalue weighted by Gasteiger charge is -2.32. The van der Waals surface area contributed by atoms with Gasteiger partial charge < -0.3 is 0 Å². The van der Waals surface area contributed by atoms with Gasteiger partial charge in [0.25, 0.3) is 6.42 Å². The molecule has 0 aromatic heterocycles. The van der Waals surface area contributed by atoms with Crippen LogP contribution in [0.3, 0.4) is 0 Å². The van der Waals surface area contributed by atoms with Crippen LogP contribution in [-0.2, 0) is 0 Å². The molecule has 1 atom stereocenters. The van der Waals surface area contributed by atoms with E-state index in [1.165, 1.54) is 13.8 Å². The van der Waals surface area contributed by atoms with Crippen LogP contribution in [0.15, 0.2) is 5.10 Å². The van der Waals surface area contributed by atoms with E-state index < -0.39 is 29.6 Å². The van der Waals surface area contributed by atoms with Crippen LogP contribution in [0.25, 0.3) is 0 Å². The molecule has 1 aliphatic heterocycles. The van der Waals surface area contributed by atoms with Crippen LogP contribution < -0.4 is 0 Å². The lowest BCUT2D eigenvalue weighted by molar-refractivity contribution is -0.341. The Balaban J connectivity index is 2.90. The number of nitrogens with zero attached hydrogens (tertiary/aromatic N) is 3. The van der Waals surface area contributed by atoms with Crippen LogP contribution in [0.4, 0.5) is 26.3 Å². The summed E-state index contributed by atoms with van der Waals surface area (Å²) < 4.78 is 74.7. The van der Waals surface area contributed by atoms with Gasteiger partial charge in [0.05, 0.1) is 0 Å². The molecular weight excluding hydrogens is 240 g/mol. The first-order chi connectivity index (χ1) is 7.09. The average molecular weight is 249 g/mol. The van der Waals surface area contributed by atoms with E-state index >= 15 is 0 Å². The molecule has 0 radical (unpaired) electrons. The van der Waals surface area contributed by atoms with E-state index in [4.69, 9.17) is 0 Å². The zero-order chi connectivity index (χ0) is 12.7. The van der Waals surface area contributed by atoms with Crippen LogP contribution in [-0.4, -0.2) is 40.9 Å². The minimum atomic E-state index is -5.85. The van der Waals surface area contributed by atoms with Crippen molar-refractivity contribution in [2.24, 2.45) is 5.10 Å². The van der Waals surface area contributed by atoms with E-state index in [1.54, 1.807) is 0 Å². The molecule has 0 amide bonds. The maximum atomic E-state index is 13.3. The lowest BCUT2D eigenvalue weighted by atomic mass is 10.4. The van der Waals surface area contributed by atoms with Crippen molar-refractivity contribution in [3.63, 3.8) is 0 Å². The topological polar surface area (TPSA) is 18.8 Å². The molecule has 0 fully saturated rings. The lowest BCUT2D eigenvalue weighted by Crippen LogP contribution is -2.55. The molecule has 0 spiro atoms. The summed E-state index contributed by atoms with van der Waals surface area (Å²) in [5.41, 5.74) is 0. The Kier molecular flexibility index (Phi) is 2.99. The van der Waals surface area contributed by atoms with Gasteiger partial charge in [0.2, 0.25) is 0 Å². The van der Waals surface area contributed by atoms with E-state index in [1.807, 2.05) is 0 Å². The number of hydrazone groups is 1. The van der Waals surface area contributed by atoms with Gasteiger partial charge >= 0.3 is 12.2 Å². The van der Waals surface area contributed by atoms with Gasteiger partial charge in [0.15, 0.2) is 0 Å². The molecule has 0 aromatic carbocycles. The van der Waals surface area contributed by atoms with Gasteiger partial charge in [-0.25, -0.2) is 9.91 Å². The van der Waals surface area contributed by atoms with Gasteiger partial charge in [-0.15, -0.1) is 0 Å². The molecule has 3 nitrogen and oxygen atoms in total. The Morgan fingerprint density at radius 2 is 1.69 bits per heavy atom. The van der Waals surface area contributed by atoms with E-state index in [0.29, 0.717) is 5.01 Å². The third-order valence-electron chi connectivity index (χ3n) is 1.95. The second kappa shape index (κ2) is 3.70. The molecule has 0 aromatic rings. The zero-order valence-corrected chi connectivity index (χ0v) is 8.34. The van der Waals surface area contributed by atoms with Crippen molar-refractivity contribution < 1.29 is 26.3 Å². The van der Waals surface area contributed by atoms with Gasteiger partial charge in [-0.05, 0) is 13.8 Å². The van der Waals surface area contributed by atoms with Crippen molar-refractivity contribution >= 4 is 6.34 Å². The predicted octanol–water partition coefficient (Wildman–Crippen LogP) is 2.36. The molecule has 0 saturated heterocycles. The van der Waals surface area contributed by atoms with Crippen LogP contribution >= 0.6 is 0 Å². The Hall–Kier alpha value is -1.15. The van der Waals surface area contributed by atoms with E-state index in [2.05, 4.69) is 5.10 Å². The minimum absolute atomic E-state index is 0.151. The first-order valence-corrected chi connectivity index (χ1v) is 4.28. The van der Waals surface area contributed by atoms with E-state index in [-0.39, 0.29) is 6.34 Å². The summed E-state index contributed by atoms with van der Waals surface area (Å²) in [6.07, 6.45) is -8.33. The molecule has 0 bridgehead atoms. The molecule has 1 rings (SSSR count). The fourth-order valence-electron chi connectivity index (χ4n) is 1.08. The highest BCUT2D eigenvalue weighted by molar-refractivity contribution is 5.57. The summed E-state index contributed by atoms with van der Waals surface area (Å²) >= 11 is 0. The fraction of sp³-hybridized carbons (Fsp3) is 0.857. The first kappa shape index (κ1) is 12.9. The van der Waals surface area contributed by atoms with Crippen LogP contribution in [0, 0.1) is 0 Å². The molecule has 94 valence electrons. The molecular formula is C7H9F6N3. The monoisotopic (exact) mass is 249 g/mol. The summed E-state index contributed by atoms with van der Waals surface area (Å²) in [5.74, 6) is 0. The number of hydrogen-bond acceptors (Lipinski definition) is 3. The number of alkyl halides is 6.